The highest BCUT2D eigenvalue weighted by atomic mass is 16.5. The van der Waals surface area contributed by atoms with E-state index in [-0.39, 0.29) is 5.92 Å². The summed E-state index contributed by atoms with van der Waals surface area (Å²) in [5.74, 6) is 0.874. The molecule has 0 aliphatic carbocycles. The number of nitriles is 1. The molecule has 0 saturated heterocycles. The standard InChI is InChI=1S/C27H15NO3/c28-15-16-9-11-18(12-10-16)23-24-19-6-2-1-5-17(19)13-14-22(24)30-26-20-7-3-4-8-21(20)31-27(29)25(23)26/h1-14,23H. The van der Waals surface area contributed by atoms with Gasteiger partial charge in [-0.05, 0) is 46.7 Å². The summed E-state index contributed by atoms with van der Waals surface area (Å²) in [4.78, 5) is 13.2. The van der Waals surface area contributed by atoms with Crippen molar-refractivity contribution < 1.29 is 9.15 Å². The first-order valence-electron chi connectivity index (χ1n) is 10.00. The number of ether oxygens (including phenoxy) is 1. The van der Waals surface area contributed by atoms with Crippen LogP contribution in [0, 0.1) is 11.3 Å². The van der Waals surface area contributed by atoms with E-state index in [0.29, 0.717) is 22.5 Å². The fourth-order valence-corrected chi connectivity index (χ4v) is 4.49. The van der Waals surface area contributed by atoms with Crippen LogP contribution in [-0.2, 0) is 0 Å². The van der Waals surface area contributed by atoms with Crippen molar-refractivity contribution in [1.29, 1.82) is 5.26 Å². The van der Waals surface area contributed by atoms with Crippen molar-refractivity contribution in [2.24, 2.45) is 0 Å². The molecule has 2 heterocycles. The van der Waals surface area contributed by atoms with Gasteiger partial charge in [-0.25, -0.2) is 4.79 Å². The van der Waals surface area contributed by atoms with E-state index in [1.807, 2.05) is 66.7 Å². The minimum Gasteiger partial charge on any atom is -0.456 e. The van der Waals surface area contributed by atoms with Gasteiger partial charge in [-0.15, -0.1) is 0 Å². The van der Waals surface area contributed by atoms with Crippen molar-refractivity contribution in [3.8, 4) is 17.6 Å². The van der Waals surface area contributed by atoms with Gasteiger partial charge in [-0.3, -0.25) is 0 Å². The van der Waals surface area contributed by atoms with Crippen LogP contribution in [0.5, 0.6) is 11.5 Å². The van der Waals surface area contributed by atoms with Crippen LogP contribution in [0.1, 0.15) is 28.2 Å². The third-order valence-electron chi connectivity index (χ3n) is 5.89. The van der Waals surface area contributed by atoms with Crippen LogP contribution < -0.4 is 10.4 Å². The number of para-hydroxylation sites is 1. The van der Waals surface area contributed by atoms with E-state index in [9.17, 15) is 10.1 Å². The summed E-state index contributed by atoms with van der Waals surface area (Å²) in [5.41, 5.74) is 2.96. The molecule has 1 aliphatic heterocycles. The van der Waals surface area contributed by atoms with Crippen LogP contribution in [0.4, 0.5) is 0 Å². The van der Waals surface area contributed by atoms with Gasteiger partial charge >= 0.3 is 5.63 Å². The molecule has 31 heavy (non-hydrogen) atoms. The Kier molecular flexibility index (Phi) is 3.71. The predicted octanol–water partition coefficient (Wildman–Crippen LogP) is 6.10. The second-order valence-corrected chi connectivity index (χ2v) is 7.60. The largest absolute Gasteiger partial charge is 0.456 e. The predicted molar refractivity (Wildman–Crippen MR) is 119 cm³/mol. The maximum atomic E-state index is 13.2. The molecule has 0 spiro atoms. The summed E-state index contributed by atoms with van der Waals surface area (Å²) in [6.07, 6.45) is 0. The quantitative estimate of drug-likeness (QED) is 0.312. The lowest BCUT2D eigenvalue weighted by Gasteiger charge is -2.29. The number of rotatable bonds is 1. The Bertz CT molecular complexity index is 1590. The molecule has 0 radical (unpaired) electrons. The van der Waals surface area contributed by atoms with Gasteiger partial charge in [0.05, 0.1) is 22.6 Å². The Morgan fingerprint density at radius 3 is 2.32 bits per heavy atom. The Labute approximate surface area is 177 Å². The van der Waals surface area contributed by atoms with Gasteiger partial charge in [0.25, 0.3) is 0 Å². The van der Waals surface area contributed by atoms with Crippen molar-refractivity contribution in [2.75, 3.05) is 0 Å². The maximum Gasteiger partial charge on any atom is 0.344 e. The smallest absolute Gasteiger partial charge is 0.344 e. The first-order valence-corrected chi connectivity index (χ1v) is 10.00. The van der Waals surface area contributed by atoms with Crippen molar-refractivity contribution in [3.63, 3.8) is 0 Å². The lowest BCUT2D eigenvalue weighted by atomic mass is 9.80. The highest BCUT2D eigenvalue weighted by molar-refractivity contribution is 5.92. The molecule has 0 bridgehead atoms. The van der Waals surface area contributed by atoms with E-state index in [0.717, 1.165) is 33.0 Å². The summed E-state index contributed by atoms with van der Waals surface area (Å²) >= 11 is 0. The summed E-state index contributed by atoms with van der Waals surface area (Å²) in [5, 5.41) is 12.1. The summed E-state index contributed by atoms with van der Waals surface area (Å²) in [7, 11) is 0. The average molecular weight is 401 g/mol. The second-order valence-electron chi connectivity index (χ2n) is 7.60. The zero-order chi connectivity index (χ0) is 20.9. The van der Waals surface area contributed by atoms with Gasteiger partial charge in [0, 0.05) is 11.5 Å². The number of hydrogen-bond donors (Lipinski definition) is 0. The minimum atomic E-state index is -0.415. The molecule has 6 rings (SSSR count). The highest BCUT2D eigenvalue weighted by Gasteiger charge is 2.35. The molecule has 0 saturated carbocycles. The number of fused-ring (bicyclic) bond motifs is 6. The molecule has 0 amide bonds. The molecule has 0 N–H and O–H groups in total. The fraction of sp³-hybridized carbons (Fsp3) is 0.0370. The molecule has 5 aromatic rings. The van der Waals surface area contributed by atoms with E-state index in [4.69, 9.17) is 9.15 Å². The maximum absolute atomic E-state index is 13.2. The van der Waals surface area contributed by atoms with Gasteiger partial charge in [0.15, 0.2) is 0 Å². The Morgan fingerprint density at radius 2 is 1.52 bits per heavy atom. The first-order chi connectivity index (χ1) is 15.2. The Balaban J connectivity index is 1.74. The monoisotopic (exact) mass is 401 g/mol. The van der Waals surface area contributed by atoms with Crippen molar-refractivity contribution >= 4 is 21.7 Å². The third kappa shape index (κ3) is 2.57. The van der Waals surface area contributed by atoms with E-state index in [2.05, 4.69) is 6.07 Å². The van der Waals surface area contributed by atoms with Gasteiger partial charge in [-0.2, -0.15) is 5.26 Å². The molecule has 1 unspecified atom stereocenters. The molecular weight excluding hydrogens is 386 g/mol. The van der Waals surface area contributed by atoms with Crippen LogP contribution in [0.2, 0.25) is 0 Å². The summed E-state index contributed by atoms with van der Waals surface area (Å²) < 4.78 is 12.1. The number of hydrogen-bond acceptors (Lipinski definition) is 4. The van der Waals surface area contributed by atoms with E-state index >= 15 is 0 Å². The van der Waals surface area contributed by atoms with Crippen LogP contribution in [0.25, 0.3) is 21.7 Å². The fourth-order valence-electron chi connectivity index (χ4n) is 4.49. The summed E-state index contributed by atoms with van der Waals surface area (Å²) in [6.45, 7) is 0. The molecule has 4 heteroatoms. The number of nitrogens with zero attached hydrogens (tertiary/aromatic N) is 1. The van der Waals surface area contributed by atoms with Crippen LogP contribution >= 0.6 is 0 Å². The topological polar surface area (TPSA) is 63.2 Å². The molecular formula is C27H15NO3. The third-order valence-corrected chi connectivity index (χ3v) is 5.89. The average Bonchev–Trinajstić information content (AvgIpc) is 2.83. The Hall–Kier alpha value is -4.36. The van der Waals surface area contributed by atoms with Crippen LogP contribution in [0.3, 0.4) is 0 Å². The molecule has 146 valence electrons. The molecule has 1 atom stereocenters. The molecule has 4 aromatic carbocycles. The number of benzene rings is 4. The Morgan fingerprint density at radius 1 is 0.774 bits per heavy atom. The van der Waals surface area contributed by atoms with Crippen molar-refractivity contribution in [1.82, 2.24) is 0 Å². The molecule has 0 fully saturated rings. The molecule has 1 aliphatic rings. The lowest BCUT2D eigenvalue weighted by Crippen LogP contribution is -2.21. The SMILES string of the molecule is N#Cc1ccc(C2c3c(c4ccccc4oc3=O)Oc3ccc4ccccc4c32)cc1. The zero-order valence-electron chi connectivity index (χ0n) is 16.3. The lowest BCUT2D eigenvalue weighted by molar-refractivity contribution is 0.441. The van der Waals surface area contributed by atoms with E-state index in [1.54, 1.807) is 18.2 Å². The normalized spacial score (nSPS) is 14.5. The van der Waals surface area contributed by atoms with Crippen molar-refractivity contribution in [3.05, 3.63) is 118 Å². The highest BCUT2D eigenvalue weighted by Crippen LogP contribution is 2.50. The molecule has 4 nitrogen and oxygen atoms in total. The zero-order valence-corrected chi connectivity index (χ0v) is 16.3. The van der Waals surface area contributed by atoms with Gasteiger partial charge < -0.3 is 9.15 Å². The first kappa shape index (κ1) is 17.5. The van der Waals surface area contributed by atoms with Crippen molar-refractivity contribution in [2.45, 2.75) is 5.92 Å². The molecule has 1 aromatic heterocycles. The van der Waals surface area contributed by atoms with E-state index < -0.39 is 5.63 Å². The van der Waals surface area contributed by atoms with E-state index in [1.165, 1.54) is 0 Å². The summed E-state index contributed by atoms with van der Waals surface area (Å²) in [6, 6.07) is 29.0. The minimum absolute atomic E-state index is 0.376. The van der Waals surface area contributed by atoms with Gasteiger partial charge in [0.2, 0.25) is 0 Å². The van der Waals surface area contributed by atoms with Crippen LogP contribution in [-0.4, -0.2) is 0 Å². The van der Waals surface area contributed by atoms with Crippen LogP contribution in [0.15, 0.2) is 94.1 Å². The van der Waals surface area contributed by atoms with Gasteiger partial charge in [-0.1, -0.05) is 54.6 Å². The second kappa shape index (κ2) is 6.58. The van der Waals surface area contributed by atoms with Gasteiger partial charge in [0.1, 0.15) is 17.1 Å².